The Bertz CT molecular complexity index is 534. The number of hydrogen-bond acceptors (Lipinski definition) is 3. The first-order valence-corrected chi connectivity index (χ1v) is 6.45. The highest BCUT2D eigenvalue weighted by atomic mass is 16.5. The molecule has 4 nitrogen and oxygen atoms in total. The number of nitrogens with one attached hydrogen (secondary N) is 1. The lowest BCUT2D eigenvalue weighted by Crippen LogP contribution is -2.28. The highest BCUT2D eigenvalue weighted by Crippen LogP contribution is 2.19. The van der Waals surface area contributed by atoms with Gasteiger partial charge >= 0.3 is 0 Å². The summed E-state index contributed by atoms with van der Waals surface area (Å²) in [6.07, 6.45) is 0.772. The quantitative estimate of drug-likeness (QED) is 0.897. The van der Waals surface area contributed by atoms with Gasteiger partial charge < -0.3 is 9.84 Å². The van der Waals surface area contributed by atoms with Crippen molar-refractivity contribution in [3.05, 3.63) is 53.4 Å². The molecule has 1 unspecified atom stereocenters. The third kappa shape index (κ3) is 3.44. The molecule has 1 aromatic carbocycles. The minimum atomic E-state index is -0.116. The lowest BCUT2D eigenvalue weighted by molar-refractivity contribution is -0.122. The third-order valence-electron chi connectivity index (χ3n) is 3.05. The van der Waals surface area contributed by atoms with Crippen molar-refractivity contribution in [1.82, 2.24) is 10.5 Å². The van der Waals surface area contributed by atoms with Gasteiger partial charge in [-0.25, -0.2) is 0 Å². The van der Waals surface area contributed by atoms with Crippen molar-refractivity contribution in [3.8, 4) is 0 Å². The first-order chi connectivity index (χ1) is 9.20. The molecule has 0 fully saturated rings. The van der Waals surface area contributed by atoms with Gasteiger partial charge in [0.1, 0.15) is 11.5 Å². The zero-order valence-electron chi connectivity index (χ0n) is 11.2. The van der Waals surface area contributed by atoms with E-state index in [0.29, 0.717) is 6.54 Å². The van der Waals surface area contributed by atoms with E-state index >= 15 is 0 Å². The monoisotopic (exact) mass is 258 g/mol. The highest BCUT2D eigenvalue weighted by molar-refractivity contribution is 5.83. The van der Waals surface area contributed by atoms with Crippen LogP contribution in [0.5, 0.6) is 0 Å². The van der Waals surface area contributed by atoms with Crippen LogP contribution in [0, 0.1) is 6.92 Å². The Kier molecular flexibility index (Phi) is 4.34. The van der Waals surface area contributed by atoms with E-state index in [9.17, 15) is 4.79 Å². The SMILES string of the molecule is CCC(C(=O)NCc1cc(C)on1)c1ccccc1. The Hall–Kier alpha value is -2.10. The molecule has 0 aliphatic heterocycles. The number of carbonyl (C=O) groups is 1. The van der Waals surface area contributed by atoms with Crippen molar-refractivity contribution in [2.45, 2.75) is 32.7 Å². The molecular formula is C15H18N2O2. The van der Waals surface area contributed by atoms with Gasteiger partial charge in [-0.1, -0.05) is 42.4 Å². The second-order valence-corrected chi connectivity index (χ2v) is 4.52. The fourth-order valence-electron chi connectivity index (χ4n) is 2.06. The molecule has 0 aliphatic carbocycles. The Morgan fingerprint density at radius 1 is 1.37 bits per heavy atom. The Morgan fingerprint density at radius 2 is 2.11 bits per heavy atom. The fraction of sp³-hybridized carbons (Fsp3) is 0.333. The minimum absolute atomic E-state index is 0.0225. The standard InChI is InChI=1S/C15H18N2O2/c1-3-14(12-7-5-4-6-8-12)15(18)16-10-13-9-11(2)19-17-13/h4-9,14H,3,10H2,1-2H3,(H,16,18). The van der Waals surface area contributed by atoms with E-state index in [1.165, 1.54) is 0 Å². The number of hydrogen-bond donors (Lipinski definition) is 1. The lowest BCUT2D eigenvalue weighted by Gasteiger charge is -2.14. The molecule has 0 radical (unpaired) electrons. The Labute approximate surface area is 112 Å². The van der Waals surface area contributed by atoms with E-state index in [0.717, 1.165) is 23.4 Å². The van der Waals surface area contributed by atoms with Crippen LogP contribution in [0.25, 0.3) is 0 Å². The number of aromatic nitrogens is 1. The average molecular weight is 258 g/mol. The fourth-order valence-corrected chi connectivity index (χ4v) is 2.06. The van der Waals surface area contributed by atoms with Crippen LogP contribution in [0.3, 0.4) is 0 Å². The van der Waals surface area contributed by atoms with E-state index in [1.54, 1.807) is 0 Å². The summed E-state index contributed by atoms with van der Waals surface area (Å²) >= 11 is 0. The molecule has 1 atom stereocenters. The highest BCUT2D eigenvalue weighted by Gasteiger charge is 2.18. The number of carbonyl (C=O) groups excluding carboxylic acids is 1. The van der Waals surface area contributed by atoms with Crippen molar-refractivity contribution < 1.29 is 9.32 Å². The summed E-state index contributed by atoms with van der Waals surface area (Å²) in [5, 5.41) is 6.76. The van der Waals surface area contributed by atoms with E-state index in [1.807, 2.05) is 50.2 Å². The van der Waals surface area contributed by atoms with Gasteiger partial charge in [-0.05, 0) is 18.9 Å². The summed E-state index contributed by atoms with van der Waals surface area (Å²) in [6.45, 7) is 4.24. The van der Waals surface area contributed by atoms with Gasteiger partial charge in [0.15, 0.2) is 0 Å². The van der Waals surface area contributed by atoms with Crippen LogP contribution in [-0.2, 0) is 11.3 Å². The topological polar surface area (TPSA) is 55.1 Å². The molecule has 19 heavy (non-hydrogen) atoms. The molecule has 2 rings (SSSR count). The van der Waals surface area contributed by atoms with Crippen molar-refractivity contribution >= 4 is 5.91 Å². The number of nitrogens with zero attached hydrogens (tertiary/aromatic N) is 1. The average Bonchev–Trinajstić information content (AvgIpc) is 2.84. The molecule has 1 N–H and O–H groups in total. The molecule has 100 valence electrons. The van der Waals surface area contributed by atoms with Crippen LogP contribution in [0.4, 0.5) is 0 Å². The predicted molar refractivity (Wildman–Crippen MR) is 72.6 cm³/mol. The normalized spacial score (nSPS) is 12.1. The largest absolute Gasteiger partial charge is 0.361 e. The second-order valence-electron chi connectivity index (χ2n) is 4.52. The van der Waals surface area contributed by atoms with Crippen molar-refractivity contribution in [3.63, 3.8) is 0 Å². The summed E-state index contributed by atoms with van der Waals surface area (Å²) in [6, 6.07) is 11.6. The Balaban J connectivity index is 1.98. The summed E-state index contributed by atoms with van der Waals surface area (Å²) in [5.41, 5.74) is 1.78. The van der Waals surface area contributed by atoms with Crippen molar-refractivity contribution in [1.29, 1.82) is 0 Å². The Morgan fingerprint density at radius 3 is 2.68 bits per heavy atom. The molecule has 2 aromatic rings. The maximum Gasteiger partial charge on any atom is 0.227 e. The number of aryl methyl sites for hydroxylation is 1. The first kappa shape index (κ1) is 13.3. The number of amides is 1. The van der Waals surface area contributed by atoms with Gasteiger partial charge in [0.25, 0.3) is 0 Å². The van der Waals surface area contributed by atoms with E-state index in [4.69, 9.17) is 4.52 Å². The molecule has 0 aliphatic rings. The maximum absolute atomic E-state index is 12.2. The van der Waals surface area contributed by atoms with Crippen LogP contribution >= 0.6 is 0 Å². The van der Waals surface area contributed by atoms with Crippen LogP contribution in [0.1, 0.15) is 36.3 Å². The molecule has 0 spiro atoms. The first-order valence-electron chi connectivity index (χ1n) is 6.45. The molecule has 0 bridgehead atoms. The van der Waals surface area contributed by atoms with Crippen LogP contribution in [0.15, 0.2) is 40.9 Å². The minimum Gasteiger partial charge on any atom is -0.361 e. The summed E-state index contributed by atoms with van der Waals surface area (Å²) in [4.78, 5) is 12.2. The molecular weight excluding hydrogens is 240 g/mol. The molecule has 1 amide bonds. The van der Waals surface area contributed by atoms with Crippen molar-refractivity contribution in [2.75, 3.05) is 0 Å². The summed E-state index contributed by atoms with van der Waals surface area (Å²) in [5.74, 6) is 0.655. The van der Waals surface area contributed by atoms with Gasteiger partial charge in [-0.2, -0.15) is 0 Å². The number of rotatable bonds is 5. The molecule has 1 heterocycles. The van der Waals surface area contributed by atoms with Gasteiger partial charge in [-0.15, -0.1) is 0 Å². The lowest BCUT2D eigenvalue weighted by atomic mass is 9.96. The van der Waals surface area contributed by atoms with Crippen LogP contribution in [-0.4, -0.2) is 11.1 Å². The van der Waals surface area contributed by atoms with Gasteiger partial charge in [0.2, 0.25) is 5.91 Å². The molecule has 1 aromatic heterocycles. The van der Waals surface area contributed by atoms with Gasteiger partial charge in [0.05, 0.1) is 12.5 Å². The van der Waals surface area contributed by atoms with Gasteiger partial charge in [0, 0.05) is 6.07 Å². The van der Waals surface area contributed by atoms with Crippen LogP contribution < -0.4 is 5.32 Å². The molecule has 4 heteroatoms. The number of benzene rings is 1. The molecule has 0 saturated heterocycles. The molecule has 0 saturated carbocycles. The van der Waals surface area contributed by atoms with E-state index in [-0.39, 0.29) is 11.8 Å². The second kappa shape index (κ2) is 6.18. The maximum atomic E-state index is 12.2. The van der Waals surface area contributed by atoms with Gasteiger partial charge in [-0.3, -0.25) is 4.79 Å². The van der Waals surface area contributed by atoms with E-state index in [2.05, 4.69) is 10.5 Å². The predicted octanol–water partition coefficient (Wildman–Crippen LogP) is 2.79. The zero-order valence-corrected chi connectivity index (χ0v) is 11.2. The van der Waals surface area contributed by atoms with Crippen LogP contribution in [0.2, 0.25) is 0 Å². The smallest absolute Gasteiger partial charge is 0.227 e. The third-order valence-corrected chi connectivity index (χ3v) is 3.05. The summed E-state index contributed by atoms with van der Waals surface area (Å²) < 4.78 is 4.97. The van der Waals surface area contributed by atoms with E-state index < -0.39 is 0 Å². The van der Waals surface area contributed by atoms with Crippen molar-refractivity contribution in [2.24, 2.45) is 0 Å². The summed E-state index contributed by atoms with van der Waals surface area (Å²) in [7, 11) is 0. The zero-order chi connectivity index (χ0) is 13.7.